The highest BCUT2D eigenvalue weighted by Gasteiger charge is 2.16. The van der Waals surface area contributed by atoms with Crippen molar-refractivity contribution in [2.45, 2.75) is 6.42 Å². The summed E-state index contributed by atoms with van der Waals surface area (Å²) in [6.45, 7) is 0. The minimum Gasteiger partial charge on any atom is -0.464 e. The molecule has 2 heteroatoms. The molecular formula is C13H9BrO. The van der Waals surface area contributed by atoms with Crippen molar-refractivity contribution in [1.82, 2.24) is 0 Å². The van der Waals surface area contributed by atoms with Crippen LogP contribution in [0, 0.1) is 0 Å². The molecular weight excluding hydrogens is 252 g/mol. The second-order valence-corrected chi connectivity index (χ2v) is 4.43. The predicted molar refractivity (Wildman–Crippen MR) is 64.6 cm³/mol. The third-order valence-corrected chi connectivity index (χ3v) is 3.35. The number of rotatable bonds is 1. The summed E-state index contributed by atoms with van der Waals surface area (Å²) < 4.78 is 6.56. The molecule has 0 radical (unpaired) electrons. The van der Waals surface area contributed by atoms with Gasteiger partial charge in [-0.05, 0) is 35.7 Å². The molecule has 1 nitrogen and oxygen atoms in total. The van der Waals surface area contributed by atoms with E-state index >= 15 is 0 Å². The smallest absolute Gasteiger partial charge is 0.135 e. The van der Waals surface area contributed by atoms with Crippen molar-refractivity contribution in [3.8, 4) is 11.3 Å². The summed E-state index contributed by atoms with van der Waals surface area (Å²) in [5.41, 5.74) is 3.83. The van der Waals surface area contributed by atoms with Gasteiger partial charge in [-0.3, -0.25) is 0 Å². The Balaban J connectivity index is 2.28. The summed E-state index contributed by atoms with van der Waals surface area (Å²) >= 11 is 3.58. The van der Waals surface area contributed by atoms with Gasteiger partial charge in [0.15, 0.2) is 0 Å². The highest BCUT2D eigenvalue weighted by molar-refractivity contribution is 9.10. The Morgan fingerprint density at radius 3 is 2.93 bits per heavy atom. The van der Waals surface area contributed by atoms with E-state index in [1.807, 2.05) is 12.1 Å². The maximum Gasteiger partial charge on any atom is 0.135 e. The van der Waals surface area contributed by atoms with Gasteiger partial charge in [0.05, 0.1) is 6.26 Å². The normalized spacial score (nSPS) is 13.1. The first-order chi connectivity index (χ1) is 7.36. The lowest BCUT2D eigenvalue weighted by molar-refractivity contribution is 0.581. The van der Waals surface area contributed by atoms with Gasteiger partial charge in [0.25, 0.3) is 0 Å². The molecule has 1 aromatic carbocycles. The minimum absolute atomic E-state index is 0.933. The molecule has 1 aliphatic carbocycles. The van der Waals surface area contributed by atoms with Crippen molar-refractivity contribution in [3.63, 3.8) is 0 Å². The lowest BCUT2D eigenvalue weighted by atomic mass is 10.0. The number of allylic oxidation sites excluding steroid dienone is 1. The van der Waals surface area contributed by atoms with Crippen molar-refractivity contribution in [1.29, 1.82) is 0 Å². The topological polar surface area (TPSA) is 13.1 Å². The number of benzene rings is 1. The molecule has 1 aromatic heterocycles. The third-order valence-electron chi connectivity index (χ3n) is 2.69. The van der Waals surface area contributed by atoms with Gasteiger partial charge in [-0.1, -0.05) is 34.1 Å². The van der Waals surface area contributed by atoms with Crippen LogP contribution in [0.5, 0.6) is 0 Å². The molecule has 0 fully saturated rings. The zero-order chi connectivity index (χ0) is 10.3. The summed E-state index contributed by atoms with van der Waals surface area (Å²) in [6.07, 6.45) is 7.05. The van der Waals surface area contributed by atoms with E-state index in [4.69, 9.17) is 4.42 Å². The maximum atomic E-state index is 5.47. The lowest BCUT2D eigenvalue weighted by Crippen LogP contribution is -1.88. The van der Waals surface area contributed by atoms with E-state index in [0.717, 1.165) is 16.7 Å². The van der Waals surface area contributed by atoms with Crippen LogP contribution in [0.3, 0.4) is 0 Å². The van der Waals surface area contributed by atoms with E-state index in [1.54, 1.807) is 6.26 Å². The summed E-state index contributed by atoms with van der Waals surface area (Å²) in [5, 5.41) is 0. The summed E-state index contributed by atoms with van der Waals surface area (Å²) in [6, 6.07) is 8.13. The van der Waals surface area contributed by atoms with Crippen LogP contribution in [0.15, 0.2) is 45.5 Å². The van der Waals surface area contributed by atoms with Crippen molar-refractivity contribution < 1.29 is 4.42 Å². The zero-order valence-corrected chi connectivity index (χ0v) is 9.62. The Morgan fingerprint density at radius 2 is 2.13 bits per heavy atom. The van der Waals surface area contributed by atoms with Gasteiger partial charge in [0.2, 0.25) is 0 Å². The van der Waals surface area contributed by atoms with Crippen molar-refractivity contribution in [2.24, 2.45) is 0 Å². The van der Waals surface area contributed by atoms with E-state index in [9.17, 15) is 0 Å². The van der Waals surface area contributed by atoms with E-state index in [1.165, 1.54) is 16.7 Å². The molecule has 3 rings (SSSR count). The second-order valence-electron chi connectivity index (χ2n) is 3.57. The van der Waals surface area contributed by atoms with Gasteiger partial charge >= 0.3 is 0 Å². The van der Waals surface area contributed by atoms with Gasteiger partial charge in [-0.25, -0.2) is 0 Å². The van der Waals surface area contributed by atoms with Crippen LogP contribution < -0.4 is 0 Å². The van der Waals surface area contributed by atoms with Crippen LogP contribution in [0.1, 0.15) is 11.1 Å². The van der Waals surface area contributed by atoms with Crippen molar-refractivity contribution in [3.05, 3.63) is 52.2 Å². The minimum atomic E-state index is 0.933. The zero-order valence-electron chi connectivity index (χ0n) is 8.03. The number of fused-ring (bicyclic) bond motifs is 1. The molecule has 2 aromatic rings. The van der Waals surface area contributed by atoms with Crippen LogP contribution in [0.2, 0.25) is 0 Å². The first kappa shape index (κ1) is 8.98. The van der Waals surface area contributed by atoms with Gasteiger partial charge in [0, 0.05) is 10.0 Å². The molecule has 15 heavy (non-hydrogen) atoms. The van der Waals surface area contributed by atoms with E-state index in [2.05, 4.69) is 40.2 Å². The number of hydrogen-bond acceptors (Lipinski definition) is 1. The second kappa shape index (κ2) is 3.38. The standard InChI is InChI=1S/C13H9BrO/c14-11-7-6-9-3-1-4-10(9)13(11)12-5-2-8-15-12/h1-3,5-8H,4H2. The maximum absolute atomic E-state index is 5.47. The molecule has 0 unspecified atom stereocenters. The number of furan rings is 1. The van der Waals surface area contributed by atoms with Crippen LogP contribution >= 0.6 is 15.9 Å². The molecule has 1 heterocycles. The predicted octanol–water partition coefficient (Wildman–Crippen LogP) is 4.28. The lowest BCUT2D eigenvalue weighted by Gasteiger charge is -2.08. The Labute approximate surface area is 96.5 Å². The van der Waals surface area contributed by atoms with Crippen LogP contribution in [-0.2, 0) is 6.42 Å². The number of hydrogen-bond donors (Lipinski definition) is 0. The van der Waals surface area contributed by atoms with Gasteiger partial charge in [0.1, 0.15) is 5.76 Å². The quantitative estimate of drug-likeness (QED) is 0.746. The van der Waals surface area contributed by atoms with E-state index in [-0.39, 0.29) is 0 Å². The molecule has 0 bridgehead atoms. The van der Waals surface area contributed by atoms with Crippen molar-refractivity contribution in [2.75, 3.05) is 0 Å². The molecule has 0 atom stereocenters. The van der Waals surface area contributed by atoms with E-state index < -0.39 is 0 Å². The van der Waals surface area contributed by atoms with Crippen molar-refractivity contribution >= 4 is 22.0 Å². The SMILES string of the molecule is Brc1ccc2c(c1-c1ccco1)CC=C2. The van der Waals surface area contributed by atoms with Gasteiger partial charge in [-0.15, -0.1) is 0 Å². The fourth-order valence-electron chi connectivity index (χ4n) is 2.00. The largest absolute Gasteiger partial charge is 0.464 e. The molecule has 1 aliphatic rings. The first-order valence-electron chi connectivity index (χ1n) is 4.88. The Kier molecular flexibility index (Phi) is 2.03. The van der Waals surface area contributed by atoms with Crippen LogP contribution in [0.4, 0.5) is 0 Å². The summed E-state index contributed by atoms with van der Waals surface area (Å²) in [7, 11) is 0. The molecule has 0 spiro atoms. The van der Waals surface area contributed by atoms with Gasteiger partial charge < -0.3 is 4.42 Å². The molecule has 0 saturated heterocycles. The average molecular weight is 261 g/mol. The van der Waals surface area contributed by atoms with Crippen LogP contribution in [0.25, 0.3) is 17.4 Å². The summed E-state index contributed by atoms with van der Waals surface area (Å²) in [4.78, 5) is 0. The fraction of sp³-hybridized carbons (Fsp3) is 0.0769. The first-order valence-corrected chi connectivity index (χ1v) is 5.67. The molecule has 0 N–H and O–H groups in total. The Bertz CT molecular complexity index is 524. The molecule has 0 aliphatic heterocycles. The average Bonchev–Trinajstić information content (AvgIpc) is 2.85. The fourth-order valence-corrected chi connectivity index (χ4v) is 2.57. The Morgan fingerprint density at radius 1 is 1.20 bits per heavy atom. The highest BCUT2D eigenvalue weighted by atomic mass is 79.9. The molecule has 74 valence electrons. The molecule has 0 amide bonds. The van der Waals surface area contributed by atoms with Gasteiger partial charge in [-0.2, -0.15) is 0 Å². The third kappa shape index (κ3) is 1.37. The van der Waals surface area contributed by atoms with Crippen LogP contribution in [-0.4, -0.2) is 0 Å². The molecule has 0 saturated carbocycles. The highest BCUT2D eigenvalue weighted by Crippen LogP contribution is 2.37. The Hall–Kier alpha value is -1.28. The number of halogens is 1. The summed E-state index contributed by atoms with van der Waals surface area (Å²) in [5.74, 6) is 0.933. The monoisotopic (exact) mass is 260 g/mol. The van der Waals surface area contributed by atoms with E-state index in [0.29, 0.717) is 0 Å².